The summed E-state index contributed by atoms with van der Waals surface area (Å²) in [6.45, 7) is 3.65. The predicted octanol–water partition coefficient (Wildman–Crippen LogP) is 4.77. The van der Waals surface area contributed by atoms with Crippen molar-refractivity contribution in [2.24, 2.45) is 5.92 Å². The minimum absolute atomic E-state index is 0.0330. The lowest BCUT2D eigenvalue weighted by Gasteiger charge is -2.26. The number of nitrogens with one attached hydrogen (secondary N) is 2. The molecule has 2 aromatic carbocycles. The van der Waals surface area contributed by atoms with Gasteiger partial charge in [0, 0.05) is 12.6 Å². The molecule has 0 saturated heterocycles. The molecule has 0 saturated carbocycles. The molecule has 3 rings (SSSR count). The summed E-state index contributed by atoms with van der Waals surface area (Å²) in [6, 6.07) is 12.4. The van der Waals surface area contributed by atoms with Gasteiger partial charge in [-0.1, -0.05) is 12.1 Å². The Morgan fingerprint density at radius 3 is 2.35 bits per heavy atom. The summed E-state index contributed by atoms with van der Waals surface area (Å²) in [4.78, 5) is 11.1. The summed E-state index contributed by atoms with van der Waals surface area (Å²) in [5.41, 5.74) is 5.00. The standard InChI is InChI=1S/C26H36N2O3/c1-19(29)28-24-12-9-20(10-13-24)6-4-14-27-15-5-7-21-8-11-22-17-25(30-2)26(31-3)18-23(22)16-21/h9-10,12-13,17-18,21,27H,4-8,11,14-16H2,1-3H3,(H,28,29). The number of anilines is 1. The van der Waals surface area contributed by atoms with E-state index in [2.05, 4.69) is 34.9 Å². The number of amides is 1. The smallest absolute Gasteiger partial charge is 0.221 e. The maximum absolute atomic E-state index is 11.1. The molecule has 0 fully saturated rings. The first-order valence-corrected chi connectivity index (χ1v) is 11.4. The van der Waals surface area contributed by atoms with E-state index in [0.29, 0.717) is 0 Å². The molecule has 0 radical (unpaired) electrons. The van der Waals surface area contributed by atoms with Crippen molar-refractivity contribution in [3.8, 4) is 11.5 Å². The van der Waals surface area contributed by atoms with Gasteiger partial charge in [-0.2, -0.15) is 0 Å². The van der Waals surface area contributed by atoms with Gasteiger partial charge in [0.05, 0.1) is 14.2 Å². The molecule has 5 nitrogen and oxygen atoms in total. The SMILES string of the molecule is COc1cc2c(cc1OC)CC(CCCNCCCc1ccc(NC(C)=O)cc1)CC2. The Balaban J connectivity index is 1.31. The van der Waals surface area contributed by atoms with E-state index >= 15 is 0 Å². The molecule has 5 heteroatoms. The highest BCUT2D eigenvalue weighted by atomic mass is 16.5. The van der Waals surface area contributed by atoms with Crippen LogP contribution in [0.5, 0.6) is 11.5 Å². The zero-order valence-corrected chi connectivity index (χ0v) is 19.1. The number of carbonyl (C=O) groups is 1. The van der Waals surface area contributed by atoms with Gasteiger partial charge in [-0.25, -0.2) is 0 Å². The van der Waals surface area contributed by atoms with E-state index in [4.69, 9.17) is 9.47 Å². The van der Waals surface area contributed by atoms with Crippen molar-refractivity contribution in [3.63, 3.8) is 0 Å². The van der Waals surface area contributed by atoms with Crippen LogP contribution in [0, 0.1) is 5.92 Å². The zero-order valence-electron chi connectivity index (χ0n) is 19.1. The molecule has 1 aliphatic rings. The topological polar surface area (TPSA) is 59.6 Å². The van der Waals surface area contributed by atoms with E-state index < -0.39 is 0 Å². The van der Waals surface area contributed by atoms with Crippen LogP contribution in [0.4, 0.5) is 5.69 Å². The van der Waals surface area contributed by atoms with E-state index in [1.54, 1.807) is 14.2 Å². The molecule has 1 unspecified atom stereocenters. The van der Waals surface area contributed by atoms with Crippen molar-refractivity contribution in [2.45, 2.75) is 51.9 Å². The van der Waals surface area contributed by atoms with Crippen LogP contribution >= 0.6 is 0 Å². The molecule has 31 heavy (non-hydrogen) atoms. The molecule has 2 N–H and O–H groups in total. The van der Waals surface area contributed by atoms with Gasteiger partial charge in [0.2, 0.25) is 5.91 Å². The van der Waals surface area contributed by atoms with Crippen molar-refractivity contribution < 1.29 is 14.3 Å². The highest BCUT2D eigenvalue weighted by Crippen LogP contribution is 2.36. The molecule has 0 spiro atoms. The number of ether oxygens (including phenoxy) is 2. The Kier molecular flexibility index (Phi) is 8.77. The van der Waals surface area contributed by atoms with E-state index in [9.17, 15) is 4.79 Å². The molecule has 1 atom stereocenters. The second-order valence-electron chi connectivity index (χ2n) is 8.46. The molecule has 168 valence electrons. The van der Waals surface area contributed by atoms with Crippen LogP contribution in [0.25, 0.3) is 0 Å². The number of benzene rings is 2. The first-order chi connectivity index (χ1) is 15.1. The van der Waals surface area contributed by atoms with E-state index in [-0.39, 0.29) is 5.91 Å². The largest absolute Gasteiger partial charge is 0.493 e. The molecular weight excluding hydrogens is 388 g/mol. The number of hydrogen-bond acceptors (Lipinski definition) is 4. The molecule has 0 bridgehead atoms. The maximum atomic E-state index is 11.1. The Morgan fingerprint density at radius 1 is 1.00 bits per heavy atom. The highest BCUT2D eigenvalue weighted by Gasteiger charge is 2.20. The monoisotopic (exact) mass is 424 g/mol. The van der Waals surface area contributed by atoms with Gasteiger partial charge >= 0.3 is 0 Å². The normalized spacial score (nSPS) is 15.3. The fourth-order valence-electron chi connectivity index (χ4n) is 4.42. The summed E-state index contributed by atoms with van der Waals surface area (Å²) in [5.74, 6) is 2.41. The minimum atomic E-state index is -0.0330. The first-order valence-electron chi connectivity index (χ1n) is 11.4. The lowest BCUT2D eigenvalue weighted by Crippen LogP contribution is -2.20. The fraction of sp³-hybridized carbons (Fsp3) is 0.500. The second-order valence-corrected chi connectivity index (χ2v) is 8.46. The van der Waals surface area contributed by atoms with Crippen molar-refractivity contribution >= 4 is 11.6 Å². The molecule has 0 heterocycles. The second kappa shape index (κ2) is 11.8. The van der Waals surface area contributed by atoms with Gasteiger partial charge in [0.15, 0.2) is 11.5 Å². The van der Waals surface area contributed by atoms with E-state index in [1.807, 2.05) is 12.1 Å². The Labute approximate surface area is 186 Å². The van der Waals surface area contributed by atoms with Crippen LogP contribution in [0.2, 0.25) is 0 Å². The van der Waals surface area contributed by atoms with Crippen LogP contribution in [0.1, 0.15) is 49.3 Å². The molecule has 2 aromatic rings. The number of carbonyl (C=O) groups excluding carboxylic acids is 1. The van der Waals surface area contributed by atoms with Gasteiger partial charge in [-0.3, -0.25) is 4.79 Å². The van der Waals surface area contributed by atoms with E-state index in [1.165, 1.54) is 42.9 Å². The molecular formula is C26H36N2O3. The van der Waals surface area contributed by atoms with Crippen LogP contribution < -0.4 is 20.1 Å². The van der Waals surface area contributed by atoms with Crippen LogP contribution in [-0.2, 0) is 24.1 Å². The number of hydrogen-bond donors (Lipinski definition) is 2. The fourth-order valence-corrected chi connectivity index (χ4v) is 4.42. The van der Waals surface area contributed by atoms with Crippen molar-refractivity contribution in [1.82, 2.24) is 5.32 Å². The number of rotatable bonds is 11. The summed E-state index contributed by atoms with van der Waals surface area (Å²) in [6.07, 6.45) is 8.20. The van der Waals surface area contributed by atoms with Gasteiger partial charge in [0.25, 0.3) is 0 Å². The third kappa shape index (κ3) is 7.00. The average Bonchev–Trinajstić information content (AvgIpc) is 2.78. The molecule has 0 aliphatic heterocycles. The first kappa shape index (κ1) is 23.1. The number of fused-ring (bicyclic) bond motifs is 1. The number of methoxy groups -OCH3 is 2. The lowest BCUT2D eigenvalue weighted by atomic mass is 9.81. The predicted molar refractivity (Wildman–Crippen MR) is 126 cm³/mol. The summed E-state index contributed by atoms with van der Waals surface area (Å²) < 4.78 is 10.9. The third-order valence-electron chi connectivity index (χ3n) is 6.10. The minimum Gasteiger partial charge on any atom is -0.493 e. The van der Waals surface area contributed by atoms with Gasteiger partial charge in [-0.15, -0.1) is 0 Å². The Hall–Kier alpha value is -2.53. The molecule has 0 aromatic heterocycles. The quantitative estimate of drug-likeness (QED) is 0.510. The number of aryl methyl sites for hydroxylation is 2. The Morgan fingerprint density at radius 2 is 1.68 bits per heavy atom. The van der Waals surface area contributed by atoms with Crippen molar-refractivity contribution in [2.75, 3.05) is 32.6 Å². The summed E-state index contributed by atoms with van der Waals surface area (Å²) in [7, 11) is 3.41. The van der Waals surface area contributed by atoms with Crippen molar-refractivity contribution in [1.29, 1.82) is 0 Å². The third-order valence-corrected chi connectivity index (χ3v) is 6.10. The molecule has 1 amide bonds. The van der Waals surface area contributed by atoms with Gasteiger partial charge < -0.3 is 20.1 Å². The van der Waals surface area contributed by atoms with Gasteiger partial charge in [0.1, 0.15) is 0 Å². The molecule has 1 aliphatic carbocycles. The van der Waals surface area contributed by atoms with Crippen LogP contribution in [0.15, 0.2) is 36.4 Å². The van der Waals surface area contributed by atoms with Crippen molar-refractivity contribution in [3.05, 3.63) is 53.1 Å². The average molecular weight is 425 g/mol. The summed E-state index contributed by atoms with van der Waals surface area (Å²) in [5, 5.41) is 6.39. The lowest BCUT2D eigenvalue weighted by molar-refractivity contribution is -0.114. The van der Waals surface area contributed by atoms with E-state index in [0.717, 1.165) is 61.9 Å². The Bertz CT molecular complexity index is 848. The van der Waals surface area contributed by atoms with Crippen LogP contribution in [0.3, 0.4) is 0 Å². The van der Waals surface area contributed by atoms with Crippen LogP contribution in [-0.4, -0.2) is 33.2 Å². The zero-order chi connectivity index (χ0) is 22.1. The summed E-state index contributed by atoms with van der Waals surface area (Å²) >= 11 is 0. The van der Waals surface area contributed by atoms with Gasteiger partial charge in [-0.05, 0) is 105 Å². The maximum Gasteiger partial charge on any atom is 0.221 e. The highest BCUT2D eigenvalue weighted by molar-refractivity contribution is 5.88.